The van der Waals surface area contributed by atoms with Crippen molar-refractivity contribution in [1.82, 2.24) is 0 Å². The van der Waals surface area contributed by atoms with E-state index in [-0.39, 0.29) is 17.4 Å². The molecule has 1 aromatic rings. The highest BCUT2D eigenvalue weighted by atomic mass is 28.4. The first-order valence-corrected chi connectivity index (χ1v) is 13.9. The van der Waals surface area contributed by atoms with Crippen LogP contribution in [-0.2, 0) is 20.4 Å². The SMILES string of the molecule is COc1ccc(CC2=NC(C#N)([C@@H](C)[C@H](N)C(=O)CO[Si](C)(C)C(C)(C)C)[C@H](C)O2)cc1. The van der Waals surface area contributed by atoms with E-state index in [2.05, 4.69) is 44.9 Å². The molecule has 1 aliphatic heterocycles. The van der Waals surface area contributed by atoms with E-state index in [9.17, 15) is 10.1 Å². The number of nitriles is 1. The number of carbonyl (C=O) groups excluding carboxylic acids is 1. The molecule has 1 aliphatic rings. The fourth-order valence-electron chi connectivity index (χ4n) is 3.42. The second kappa shape index (κ2) is 9.73. The van der Waals surface area contributed by atoms with Gasteiger partial charge >= 0.3 is 0 Å². The Balaban J connectivity index is 2.15. The fraction of sp³-hybridized carbons (Fsp3) is 0.625. The van der Waals surface area contributed by atoms with E-state index in [0.717, 1.165) is 11.3 Å². The van der Waals surface area contributed by atoms with Crippen molar-refractivity contribution in [2.75, 3.05) is 13.7 Å². The molecule has 0 aromatic heterocycles. The zero-order valence-corrected chi connectivity index (χ0v) is 21.6. The van der Waals surface area contributed by atoms with Crippen LogP contribution in [0.3, 0.4) is 0 Å². The molecule has 1 unspecified atom stereocenters. The monoisotopic (exact) mass is 459 g/mol. The summed E-state index contributed by atoms with van der Waals surface area (Å²) in [5.74, 6) is 0.475. The molecule has 0 amide bonds. The molecule has 8 heteroatoms. The van der Waals surface area contributed by atoms with E-state index in [4.69, 9.17) is 19.6 Å². The van der Waals surface area contributed by atoms with E-state index >= 15 is 0 Å². The highest BCUT2D eigenvalue weighted by Crippen LogP contribution is 2.37. The van der Waals surface area contributed by atoms with Crippen molar-refractivity contribution in [3.63, 3.8) is 0 Å². The highest BCUT2D eigenvalue weighted by molar-refractivity contribution is 6.74. The third-order valence-electron chi connectivity index (χ3n) is 6.92. The van der Waals surface area contributed by atoms with Gasteiger partial charge in [0.25, 0.3) is 0 Å². The lowest BCUT2D eigenvalue weighted by molar-refractivity contribution is -0.124. The summed E-state index contributed by atoms with van der Waals surface area (Å²) >= 11 is 0. The third-order valence-corrected chi connectivity index (χ3v) is 11.4. The Bertz CT molecular complexity index is 886. The zero-order valence-electron chi connectivity index (χ0n) is 20.6. The van der Waals surface area contributed by atoms with Crippen molar-refractivity contribution in [2.24, 2.45) is 16.6 Å². The molecule has 0 saturated heterocycles. The van der Waals surface area contributed by atoms with Gasteiger partial charge in [0.1, 0.15) is 11.9 Å². The highest BCUT2D eigenvalue weighted by Gasteiger charge is 2.51. The fourth-order valence-corrected chi connectivity index (χ4v) is 4.36. The largest absolute Gasteiger partial charge is 0.497 e. The molecule has 0 radical (unpaired) electrons. The number of nitrogens with two attached hydrogens (primary N) is 1. The summed E-state index contributed by atoms with van der Waals surface area (Å²) in [6, 6.07) is 9.01. The maximum Gasteiger partial charge on any atom is 0.192 e. The minimum absolute atomic E-state index is 0.00861. The van der Waals surface area contributed by atoms with Crippen LogP contribution in [0.15, 0.2) is 29.3 Å². The van der Waals surface area contributed by atoms with Gasteiger partial charge < -0.3 is 19.6 Å². The average molecular weight is 460 g/mol. The molecule has 2 N–H and O–H groups in total. The lowest BCUT2D eigenvalue weighted by Crippen LogP contribution is -2.53. The molecule has 0 saturated carbocycles. The molecule has 4 atom stereocenters. The van der Waals surface area contributed by atoms with Gasteiger partial charge in [-0.2, -0.15) is 5.26 Å². The van der Waals surface area contributed by atoms with Gasteiger partial charge in [0.2, 0.25) is 0 Å². The van der Waals surface area contributed by atoms with Crippen LogP contribution in [0.5, 0.6) is 5.75 Å². The van der Waals surface area contributed by atoms with E-state index in [0.29, 0.717) is 12.3 Å². The van der Waals surface area contributed by atoms with Crippen LogP contribution in [0.4, 0.5) is 0 Å². The normalized spacial score (nSPS) is 23.0. The topological polar surface area (TPSA) is 107 Å². The lowest BCUT2D eigenvalue weighted by atomic mass is 9.77. The predicted octanol–water partition coefficient (Wildman–Crippen LogP) is 3.87. The summed E-state index contributed by atoms with van der Waals surface area (Å²) in [4.78, 5) is 17.5. The molecule has 32 heavy (non-hydrogen) atoms. The Kier molecular flexibility index (Phi) is 7.92. The van der Waals surface area contributed by atoms with Crippen molar-refractivity contribution in [2.45, 2.75) is 76.9 Å². The standard InChI is InChI=1S/C24H37N3O4Si/c1-16(22(26)20(28)14-30-32(7,8)23(3,4)5)24(15-25)17(2)31-21(27-24)13-18-9-11-19(29-6)12-10-18/h9-12,16-17,22H,13-14,26H2,1-8H3/t16-,17-,22-,24?/m0/s1. The minimum atomic E-state index is -2.08. The number of aliphatic imine (C=N–C) groups is 1. The van der Waals surface area contributed by atoms with Crippen molar-refractivity contribution >= 4 is 20.0 Å². The summed E-state index contributed by atoms with van der Waals surface area (Å²) in [6.07, 6.45) is -0.0711. The van der Waals surface area contributed by atoms with Gasteiger partial charge in [-0.1, -0.05) is 39.8 Å². The van der Waals surface area contributed by atoms with Crippen LogP contribution < -0.4 is 10.5 Å². The molecule has 1 heterocycles. The molecule has 0 aliphatic carbocycles. The van der Waals surface area contributed by atoms with Crippen molar-refractivity contribution < 1.29 is 18.7 Å². The first kappa shape index (κ1) is 26.0. The number of ether oxygens (including phenoxy) is 2. The number of benzene rings is 1. The summed E-state index contributed by atoms with van der Waals surface area (Å²) < 4.78 is 17.2. The van der Waals surface area contributed by atoms with Gasteiger partial charge in [-0.3, -0.25) is 4.79 Å². The summed E-state index contributed by atoms with van der Waals surface area (Å²) in [5, 5.41) is 10.1. The minimum Gasteiger partial charge on any atom is -0.497 e. The zero-order chi connectivity index (χ0) is 24.3. The van der Waals surface area contributed by atoms with E-state index in [1.54, 1.807) is 21.0 Å². The van der Waals surface area contributed by atoms with Crippen LogP contribution >= 0.6 is 0 Å². The maximum atomic E-state index is 12.9. The van der Waals surface area contributed by atoms with Gasteiger partial charge in [-0.15, -0.1) is 0 Å². The van der Waals surface area contributed by atoms with Crippen molar-refractivity contribution in [3.8, 4) is 11.8 Å². The number of hydrogen-bond donors (Lipinski definition) is 1. The predicted molar refractivity (Wildman–Crippen MR) is 128 cm³/mol. The smallest absolute Gasteiger partial charge is 0.192 e. The number of ketones is 1. The number of rotatable bonds is 9. The van der Waals surface area contributed by atoms with Gasteiger partial charge in [-0.05, 0) is 42.8 Å². The number of Topliss-reactive ketones (excluding diaryl/α,β-unsaturated/α-hetero) is 1. The van der Waals surface area contributed by atoms with Gasteiger partial charge in [0.15, 0.2) is 25.5 Å². The molecule has 0 bridgehead atoms. The van der Waals surface area contributed by atoms with Crippen LogP contribution in [0.25, 0.3) is 0 Å². The Labute approximate surface area is 193 Å². The Morgan fingerprint density at radius 3 is 2.44 bits per heavy atom. The maximum absolute atomic E-state index is 12.9. The van der Waals surface area contributed by atoms with E-state index in [1.807, 2.05) is 24.3 Å². The molecule has 2 rings (SSSR count). The van der Waals surface area contributed by atoms with Crippen LogP contribution in [0.1, 0.15) is 40.2 Å². The number of nitrogens with zero attached hydrogens (tertiary/aromatic N) is 2. The quantitative estimate of drug-likeness (QED) is 0.562. The Morgan fingerprint density at radius 2 is 1.94 bits per heavy atom. The van der Waals surface area contributed by atoms with Gasteiger partial charge in [0, 0.05) is 12.3 Å². The van der Waals surface area contributed by atoms with E-state index < -0.39 is 31.9 Å². The molecule has 0 spiro atoms. The first-order chi connectivity index (χ1) is 14.8. The molecule has 176 valence electrons. The second-order valence-electron chi connectivity index (χ2n) is 10.1. The molecule has 0 fully saturated rings. The first-order valence-electron chi connectivity index (χ1n) is 11.0. The molecular weight excluding hydrogens is 422 g/mol. The molecule has 1 aromatic carbocycles. The number of hydrogen-bond acceptors (Lipinski definition) is 7. The lowest BCUT2D eigenvalue weighted by Gasteiger charge is -2.37. The Morgan fingerprint density at radius 1 is 1.34 bits per heavy atom. The van der Waals surface area contributed by atoms with Gasteiger partial charge in [0.05, 0.1) is 25.8 Å². The van der Waals surface area contributed by atoms with Crippen LogP contribution in [-0.4, -0.2) is 51.4 Å². The number of methoxy groups -OCH3 is 1. The summed E-state index contributed by atoms with van der Waals surface area (Å²) in [7, 11) is -0.468. The van der Waals surface area contributed by atoms with Gasteiger partial charge in [-0.25, -0.2) is 4.99 Å². The van der Waals surface area contributed by atoms with Crippen LogP contribution in [0, 0.1) is 17.2 Å². The molecule has 7 nitrogen and oxygen atoms in total. The molecular formula is C24H37N3O4Si. The van der Waals surface area contributed by atoms with E-state index in [1.165, 1.54) is 0 Å². The van der Waals surface area contributed by atoms with Crippen molar-refractivity contribution in [1.29, 1.82) is 5.26 Å². The second-order valence-corrected chi connectivity index (χ2v) is 14.9. The van der Waals surface area contributed by atoms with Crippen molar-refractivity contribution in [3.05, 3.63) is 29.8 Å². The number of carbonyl (C=O) groups is 1. The average Bonchev–Trinajstić information content (AvgIpc) is 3.06. The Hall–Kier alpha value is -2.21. The summed E-state index contributed by atoms with van der Waals surface area (Å²) in [6.45, 7) is 14.1. The van der Waals surface area contributed by atoms with Crippen LogP contribution in [0.2, 0.25) is 18.1 Å². The summed E-state index contributed by atoms with van der Waals surface area (Å²) in [5.41, 5.74) is 6.09. The third kappa shape index (κ3) is 5.40.